The first-order valence-corrected chi connectivity index (χ1v) is 9.34. The molecule has 0 radical (unpaired) electrons. The second kappa shape index (κ2) is 7.03. The van der Waals surface area contributed by atoms with Crippen LogP contribution >= 0.6 is 0 Å². The minimum atomic E-state index is -0.606. The number of rotatable bonds is 4. The number of imide groups is 1. The monoisotopic (exact) mass is 372 g/mol. The van der Waals surface area contributed by atoms with Gasteiger partial charge >= 0.3 is 0 Å². The van der Waals surface area contributed by atoms with Crippen LogP contribution in [0.15, 0.2) is 18.2 Å². The fourth-order valence-corrected chi connectivity index (χ4v) is 4.34. The van der Waals surface area contributed by atoms with E-state index in [0.717, 1.165) is 17.7 Å². The van der Waals surface area contributed by atoms with Crippen LogP contribution < -0.4 is 11.1 Å². The van der Waals surface area contributed by atoms with E-state index in [0.29, 0.717) is 38.2 Å². The van der Waals surface area contributed by atoms with Crippen LogP contribution in [0.2, 0.25) is 0 Å². The molecule has 0 bridgehead atoms. The molecule has 8 nitrogen and oxygen atoms in total. The second-order valence-corrected chi connectivity index (χ2v) is 7.60. The maximum absolute atomic E-state index is 12.9. The lowest BCUT2D eigenvalue weighted by molar-refractivity contribution is -0.136. The van der Waals surface area contributed by atoms with Crippen LogP contribution in [0.1, 0.15) is 34.3 Å². The third kappa shape index (κ3) is 3.24. The Balaban J connectivity index is 1.53. The molecule has 27 heavy (non-hydrogen) atoms. The highest BCUT2D eigenvalue weighted by Gasteiger charge is 2.40. The summed E-state index contributed by atoms with van der Waals surface area (Å²) in [7, 11) is 0. The van der Waals surface area contributed by atoms with Gasteiger partial charge in [0.1, 0.15) is 6.04 Å². The summed E-state index contributed by atoms with van der Waals surface area (Å²) in [5.74, 6) is -0.781. The summed E-state index contributed by atoms with van der Waals surface area (Å²) in [4.78, 5) is 40.1. The Morgan fingerprint density at radius 2 is 2.04 bits per heavy atom. The van der Waals surface area contributed by atoms with Gasteiger partial charge in [0.15, 0.2) is 0 Å². The van der Waals surface area contributed by atoms with Gasteiger partial charge in [-0.3, -0.25) is 24.6 Å². The Labute approximate surface area is 157 Å². The number of likely N-dealkylation sites (tertiary alicyclic amines) is 1. The molecule has 0 aliphatic carbocycles. The van der Waals surface area contributed by atoms with Crippen molar-refractivity contribution in [3.63, 3.8) is 0 Å². The van der Waals surface area contributed by atoms with Crippen molar-refractivity contribution in [1.82, 2.24) is 15.1 Å². The highest BCUT2D eigenvalue weighted by molar-refractivity contribution is 6.05. The van der Waals surface area contributed by atoms with E-state index in [1.165, 1.54) is 0 Å². The molecule has 3 heterocycles. The number of fused-ring (bicyclic) bond motifs is 1. The molecule has 3 aliphatic rings. The zero-order chi connectivity index (χ0) is 19.1. The van der Waals surface area contributed by atoms with Gasteiger partial charge in [0.25, 0.3) is 5.91 Å². The SMILES string of the molecule is NC[C@@H]1CN(Cc2cccc3c2CN(C2CCC(=O)NC2=O)C3=O)C[C@H]1O. The normalized spacial score (nSPS) is 28.6. The van der Waals surface area contributed by atoms with Crippen LogP contribution in [0.4, 0.5) is 0 Å². The van der Waals surface area contributed by atoms with Crippen molar-refractivity contribution in [2.75, 3.05) is 19.6 Å². The van der Waals surface area contributed by atoms with Crippen molar-refractivity contribution in [2.24, 2.45) is 11.7 Å². The van der Waals surface area contributed by atoms with E-state index in [1.54, 1.807) is 11.0 Å². The van der Waals surface area contributed by atoms with E-state index < -0.39 is 18.1 Å². The maximum atomic E-state index is 12.9. The summed E-state index contributed by atoms with van der Waals surface area (Å²) in [6.07, 6.45) is 0.180. The maximum Gasteiger partial charge on any atom is 0.255 e. The van der Waals surface area contributed by atoms with Gasteiger partial charge in [0.05, 0.1) is 6.10 Å². The van der Waals surface area contributed by atoms with Crippen molar-refractivity contribution in [3.8, 4) is 0 Å². The number of hydrogen-bond acceptors (Lipinski definition) is 6. The van der Waals surface area contributed by atoms with Crippen LogP contribution in [0.3, 0.4) is 0 Å². The number of nitrogens with two attached hydrogens (primary N) is 1. The van der Waals surface area contributed by atoms with Crippen LogP contribution in [-0.2, 0) is 22.7 Å². The van der Waals surface area contributed by atoms with Crippen LogP contribution in [0.25, 0.3) is 0 Å². The summed E-state index contributed by atoms with van der Waals surface area (Å²) in [5.41, 5.74) is 8.29. The Bertz CT molecular complexity index is 796. The van der Waals surface area contributed by atoms with E-state index in [1.807, 2.05) is 12.1 Å². The molecule has 0 aromatic heterocycles. The largest absolute Gasteiger partial charge is 0.391 e. The summed E-state index contributed by atoms with van der Waals surface area (Å²) in [5, 5.41) is 12.4. The van der Waals surface area contributed by atoms with E-state index in [4.69, 9.17) is 5.73 Å². The van der Waals surface area contributed by atoms with Gasteiger partial charge in [-0.1, -0.05) is 12.1 Å². The number of amides is 3. The van der Waals surface area contributed by atoms with Gasteiger partial charge in [0.2, 0.25) is 11.8 Å². The molecule has 3 amide bonds. The average Bonchev–Trinajstić information content (AvgIpc) is 3.16. The van der Waals surface area contributed by atoms with Gasteiger partial charge in [-0.25, -0.2) is 0 Å². The second-order valence-electron chi connectivity index (χ2n) is 7.60. The lowest BCUT2D eigenvalue weighted by Gasteiger charge is -2.29. The number of piperidine rings is 1. The van der Waals surface area contributed by atoms with Crippen molar-refractivity contribution < 1.29 is 19.5 Å². The molecule has 1 aromatic rings. The summed E-state index contributed by atoms with van der Waals surface area (Å²) >= 11 is 0. The van der Waals surface area contributed by atoms with Gasteiger partial charge in [0, 0.05) is 44.1 Å². The third-order valence-electron chi connectivity index (χ3n) is 5.86. The first-order valence-electron chi connectivity index (χ1n) is 9.34. The number of β-amino-alcohol motifs (C(OH)–C–C–N with tert-alkyl or cyclic N) is 1. The quantitative estimate of drug-likeness (QED) is 0.596. The molecule has 1 aromatic carbocycles. The minimum Gasteiger partial charge on any atom is -0.391 e. The number of benzene rings is 1. The average molecular weight is 372 g/mol. The molecule has 1 unspecified atom stereocenters. The lowest BCUT2D eigenvalue weighted by Crippen LogP contribution is -2.52. The lowest BCUT2D eigenvalue weighted by atomic mass is 10.0. The Morgan fingerprint density at radius 3 is 2.74 bits per heavy atom. The highest BCUT2D eigenvalue weighted by Crippen LogP contribution is 2.31. The first-order chi connectivity index (χ1) is 13.0. The fraction of sp³-hybridized carbons (Fsp3) is 0.526. The molecule has 2 fully saturated rings. The molecular formula is C19H24N4O4. The van der Waals surface area contributed by atoms with Gasteiger partial charge < -0.3 is 15.7 Å². The Morgan fingerprint density at radius 1 is 1.22 bits per heavy atom. The fourth-order valence-electron chi connectivity index (χ4n) is 4.34. The van der Waals surface area contributed by atoms with Gasteiger partial charge in [-0.2, -0.15) is 0 Å². The molecule has 144 valence electrons. The number of carbonyl (C=O) groups is 3. The van der Waals surface area contributed by atoms with Crippen LogP contribution in [0, 0.1) is 5.92 Å². The molecule has 8 heteroatoms. The number of nitrogens with one attached hydrogen (secondary N) is 1. The first kappa shape index (κ1) is 18.1. The van der Waals surface area contributed by atoms with Gasteiger partial charge in [-0.15, -0.1) is 0 Å². The molecule has 2 saturated heterocycles. The third-order valence-corrected chi connectivity index (χ3v) is 5.86. The molecule has 0 saturated carbocycles. The summed E-state index contributed by atoms with van der Waals surface area (Å²) < 4.78 is 0. The zero-order valence-electron chi connectivity index (χ0n) is 15.1. The van der Waals surface area contributed by atoms with E-state index in [-0.39, 0.29) is 24.2 Å². The topological polar surface area (TPSA) is 116 Å². The summed E-state index contributed by atoms with van der Waals surface area (Å²) in [6, 6.07) is 5.02. The summed E-state index contributed by atoms with van der Waals surface area (Å²) in [6.45, 7) is 2.75. The minimum absolute atomic E-state index is 0.0726. The van der Waals surface area contributed by atoms with E-state index >= 15 is 0 Å². The van der Waals surface area contributed by atoms with Crippen LogP contribution in [-0.4, -0.2) is 64.4 Å². The number of carbonyl (C=O) groups excluding carboxylic acids is 3. The van der Waals surface area contributed by atoms with Crippen molar-refractivity contribution in [1.29, 1.82) is 0 Å². The number of aliphatic hydroxyl groups excluding tert-OH is 1. The van der Waals surface area contributed by atoms with Crippen LogP contribution in [0.5, 0.6) is 0 Å². The predicted molar refractivity (Wildman–Crippen MR) is 96.3 cm³/mol. The number of hydrogen-bond donors (Lipinski definition) is 3. The van der Waals surface area contributed by atoms with E-state index in [9.17, 15) is 19.5 Å². The smallest absolute Gasteiger partial charge is 0.255 e. The zero-order valence-corrected chi connectivity index (χ0v) is 15.1. The molecule has 4 N–H and O–H groups in total. The molecular weight excluding hydrogens is 348 g/mol. The number of aliphatic hydroxyl groups is 1. The van der Waals surface area contributed by atoms with Gasteiger partial charge in [-0.05, 0) is 30.2 Å². The van der Waals surface area contributed by atoms with E-state index in [2.05, 4.69) is 10.2 Å². The number of nitrogens with zero attached hydrogens (tertiary/aromatic N) is 2. The highest BCUT2D eigenvalue weighted by atomic mass is 16.3. The van der Waals surface area contributed by atoms with Crippen molar-refractivity contribution in [2.45, 2.75) is 38.1 Å². The van der Waals surface area contributed by atoms with Crippen molar-refractivity contribution >= 4 is 17.7 Å². The Hall–Kier alpha value is -2.29. The molecule has 4 rings (SSSR count). The Kier molecular flexibility index (Phi) is 4.71. The predicted octanol–water partition coefficient (Wildman–Crippen LogP) is -0.801. The molecule has 3 atom stereocenters. The van der Waals surface area contributed by atoms with Crippen molar-refractivity contribution in [3.05, 3.63) is 34.9 Å². The molecule has 0 spiro atoms. The standard InChI is InChI=1S/C19H24N4O4/c20-6-12-8-22(10-16(12)24)7-11-2-1-3-13-14(11)9-23(19(13)27)15-4-5-17(25)21-18(15)26/h1-3,12,15-16,24H,4-10,20H2,(H,21,25,26)/t12-,15?,16-/m1/s1. The molecule has 3 aliphatic heterocycles.